The van der Waals surface area contributed by atoms with Crippen LogP contribution in [0.15, 0.2) is 30.3 Å². The van der Waals surface area contributed by atoms with Crippen LogP contribution < -0.4 is 11.1 Å². The molecule has 2 amide bonds. The summed E-state index contributed by atoms with van der Waals surface area (Å²) < 4.78 is 4.94. The molecule has 1 rings (SSSR count). The Labute approximate surface area is 149 Å². The minimum atomic E-state index is -0.746. The molecule has 0 aliphatic rings. The lowest BCUT2D eigenvalue weighted by Gasteiger charge is -2.18. The highest BCUT2D eigenvalue weighted by atomic mass is 16.5. The first-order valence-corrected chi connectivity index (χ1v) is 8.63. The predicted molar refractivity (Wildman–Crippen MR) is 95.5 cm³/mol. The number of rotatable bonds is 9. The fourth-order valence-corrected chi connectivity index (χ4v) is 2.51. The molecular weight excluding hydrogens is 320 g/mol. The van der Waals surface area contributed by atoms with E-state index in [0.717, 1.165) is 5.56 Å². The number of hydrogen-bond acceptors (Lipinski definition) is 5. The van der Waals surface area contributed by atoms with E-state index in [1.54, 1.807) is 6.92 Å². The van der Waals surface area contributed by atoms with Gasteiger partial charge in [0, 0.05) is 0 Å². The van der Waals surface area contributed by atoms with Crippen molar-refractivity contribution in [3.05, 3.63) is 35.9 Å². The van der Waals surface area contributed by atoms with Crippen molar-refractivity contribution >= 4 is 17.8 Å². The highest BCUT2D eigenvalue weighted by Crippen LogP contribution is 2.14. The lowest BCUT2D eigenvalue weighted by atomic mass is 9.95. The van der Waals surface area contributed by atoms with Crippen LogP contribution in [0.4, 0.5) is 0 Å². The predicted octanol–water partition coefficient (Wildman–Crippen LogP) is 1.81. The van der Waals surface area contributed by atoms with Crippen molar-refractivity contribution in [1.29, 1.82) is 0 Å². The number of benzene rings is 1. The Balaban J connectivity index is 2.77. The van der Waals surface area contributed by atoms with Crippen LogP contribution >= 0.6 is 0 Å². The third kappa shape index (κ3) is 7.94. The second kappa shape index (κ2) is 10.6. The second-order valence-electron chi connectivity index (χ2n) is 6.49. The molecule has 0 saturated heterocycles. The van der Waals surface area contributed by atoms with Crippen molar-refractivity contribution in [2.45, 2.75) is 46.1 Å². The third-order valence-corrected chi connectivity index (χ3v) is 3.72. The summed E-state index contributed by atoms with van der Waals surface area (Å²) >= 11 is 0. The van der Waals surface area contributed by atoms with Crippen LogP contribution in [0.3, 0.4) is 0 Å². The van der Waals surface area contributed by atoms with Crippen LogP contribution in [0.5, 0.6) is 0 Å². The molecule has 0 radical (unpaired) electrons. The van der Waals surface area contributed by atoms with E-state index in [2.05, 4.69) is 5.32 Å². The maximum atomic E-state index is 12.5. The van der Waals surface area contributed by atoms with E-state index in [9.17, 15) is 14.4 Å². The maximum Gasteiger partial charge on any atom is 0.306 e. The smallest absolute Gasteiger partial charge is 0.306 e. The summed E-state index contributed by atoms with van der Waals surface area (Å²) in [4.78, 5) is 36.4. The average Bonchev–Trinajstić information content (AvgIpc) is 2.54. The molecule has 1 aromatic rings. The van der Waals surface area contributed by atoms with Gasteiger partial charge in [-0.05, 0) is 31.2 Å². The van der Waals surface area contributed by atoms with Crippen LogP contribution in [0.2, 0.25) is 0 Å². The summed E-state index contributed by atoms with van der Waals surface area (Å²) in [6.07, 6.45) is 0.750. The molecule has 0 bridgehead atoms. The number of imide groups is 1. The summed E-state index contributed by atoms with van der Waals surface area (Å²) in [7, 11) is 0. The molecule has 0 aliphatic heterocycles. The van der Waals surface area contributed by atoms with Gasteiger partial charge < -0.3 is 10.5 Å². The van der Waals surface area contributed by atoms with E-state index >= 15 is 0 Å². The van der Waals surface area contributed by atoms with E-state index in [1.807, 2.05) is 44.2 Å². The average molecular weight is 348 g/mol. The maximum absolute atomic E-state index is 12.5. The summed E-state index contributed by atoms with van der Waals surface area (Å²) in [5.41, 5.74) is 6.72. The summed E-state index contributed by atoms with van der Waals surface area (Å²) in [6.45, 7) is 5.86. The van der Waals surface area contributed by atoms with E-state index in [0.29, 0.717) is 12.8 Å². The van der Waals surface area contributed by atoms with Gasteiger partial charge in [-0.2, -0.15) is 0 Å². The first-order chi connectivity index (χ1) is 11.8. The van der Waals surface area contributed by atoms with Gasteiger partial charge in [0.2, 0.25) is 11.8 Å². The molecule has 25 heavy (non-hydrogen) atoms. The summed E-state index contributed by atoms with van der Waals surface area (Å²) in [6, 6.07) is 8.59. The molecule has 1 aromatic carbocycles. The highest BCUT2D eigenvalue weighted by molar-refractivity contribution is 5.99. The Morgan fingerprint density at radius 1 is 1.12 bits per heavy atom. The first kappa shape index (κ1) is 20.8. The van der Waals surface area contributed by atoms with Gasteiger partial charge >= 0.3 is 5.97 Å². The Kier molecular flexibility index (Phi) is 8.84. The van der Waals surface area contributed by atoms with Gasteiger partial charge in [-0.15, -0.1) is 0 Å². The SMILES string of the molecule is CCOC(=O)CC(Cc1ccccc1)C(=O)NC(=O)[C@@H](N)CC(C)C. The topological polar surface area (TPSA) is 98.5 Å². The lowest BCUT2D eigenvalue weighted by molar-refractivity contribution is -0.147. The number of nitrogens with two attached hydrogens (primary N) is 1. The molecule has 2 atom stereocenters. The molecule has 0 fully saturated rings. The van der Waals surface area contributed by atoms with Crippen LogP contribution in [-0.4, -0.2) is 30.4 Å². The van der Waals surface area contributed by atoms with Gasteiger partial charge in [0.1, 0.15) is 0 Å². The molecule has 0 heterocycles. The van der Waals surface area contributed by atoms with Gasteiger partial charge in [0.05, 0.1) is 25.0 Å². The van der Waals surface area contributed by atoms with Crippen molar-refractivity contribution < 1.29 is 19.1 Å². The van der Waals surface area contributed by atoms with Crippen molar-refractivity contribution in [3.63, 3.8) is 0 Å². The zero-order valence-electron chi connectivity index (χ0n) is 15.2. The first-order valence-electron chi connectivity index (χ1n) is 8.63. The van der Waals surface area contributed by atoms with Gasteiger partial charge in [0.25, 0.3) is 0 Å². The normalized spacial score (nSPS) is 13.2. The Morgan fingerprint density at radius 2 is 1.76 bits per heavy atom. The minimum absolute atomic E-state index is 0.0821. The molecule has 1 unspecified atom stereocenters. The standard InChI is InChI=1S/C19H28N2O4/c1-4-25-17(22)12-15(11-14-8-6-5-7-9-14)18(23)21-19(24)16(20)10-13(2)3/h5-9,13,15-16H,4,10-12,20H2,1-3H3,(H,21,23,24)/t15?,16-/m0/s1. The van der Waals surface area contributed by atoms with E-state index in [4.69, 9.17) is 10.5 Å². The Hall–Kier alpha value is -2.21. The molecule has 6 nitrogen and oxygen atoms in total. The van der Waals surface area contributed by atoms with Gasteiger partial charge in [-0.1, -0.05) is 44.2 Å². The number of ether oxygens (including phenoxy) is 1. The lowest BCUT2D eigenvalue weighted by Crippen LogP contribution is -2.46. The van der Waals surface area contributed by atoms with E-state index in [-0.39, 0.29) is 18.9 Å². The molecule has 138 valence electrons. The van der Waals surface area contributed by atoms with Crippen molar-refractivity contribution in [2.75, 3.05) is 6.61 Å². The minimum Gasteiger partial charge on any atom is -0.466 e. The number of carbonyl (C=O) groups excluding carboxylic acids is 3. The van der Waals surface area contributed by atoms with Crippen molar-refractivity contribution in [2.24, 2.45) is 17.6 Å². The number of carbonyl (C=O) groups is 3. The fourth-order valence-electron chi connectivity index (χ4n) is 2.51. The van der Waals surface area contributed by atoms with E-state index in [1.165, 1.54) is 0 Å². The number of nitrogens with one attached hydrogen (secondary N) is 1. The molecule has 0 aromatic heterocycles. The monoisotopic (exact) mass is 348 g/mol. The summed E-state index contributed by atoms with van der Waals surface area (Å²) in [5, 5.41) is 2.34. The van der Waals surface area contributed by atoms with Crippen molar-refractivity contribution in [1.82, 2.24) is 5.32 Å². The number of esters is 1. The zero-order valence-corrected chi connectivity index (χ0v) is 15.2. The molecule has 6 heteroatoms. The Morgan fingerprint density at radius 3 is 2.32 bits per heavy atom. The van der Waals surface area contributed by atoms with Gasteiger partial charge in [0.15, 0.2) is 0 Å². The third-order valence-electron chi connectivity index (χ3n) is 3.72. The van der Waals surface area contributed by atoms with Gasteiger partial charge in [-0.25, -0.2) is 0 Å². The number of hydrogen-bond donors (Lipinski definition) is 2. The molecule has 3 N–H and O–H groups in total. The molecule has 0 aliphatic carbocycles. The van der Waals surface area contributed by atoms with E-state index < -0.39 is 29.7 Å². The molecule has 0 saturated carbocycles. The highest BCUT2D eigenvalue weighted by Gasteiger charge is 2.26. The Bertz CT molecular complexity index is 572. The summed E-state index contributed by atoms with van der Waals surface area (Å²) in [5.74, 6) is -1.91. The zero-order chi connectivity index (χ0) is 18.8. The van der Waals surface area contributed by atoms with Gasteiger partial charge in [-0.3, -0.25) is 19.7 Å². The molecular formula is C19H28N2O4. The van der Waals surface area contributed by atoms with Crippen molar-refractivity contribution in [3.8, 4) is 0 Å². The second-order valence-corrected chi connectivity index (χ2v) is 6.49. The van der Waals surface area contributed by atoms with Crippen LogP contribution in [0, 0.1) is 11.8 Å². The van der Waals surface area contributed by atoms with Crippen LogP contribution in [0.1, 0.15) is 39.2 Å². The molecule has 0 spiro atoms. The quantitative estimate of drug-likeness (QED) is 0.663. The fraction of sp³-hybridized carbons (Fsp3) is 0.526. The largest absolute Gasteiger partial charge is 0.466 e. The van der Waals surface area contributed by atoms with Crippen LogP contribution in [-0.2, 0) is 25.5 Å². The number of amides is 2. The van der Waals surface area contributed by atoms with Crippen LogP contribution in [0.25, 0.3) is 0 Å².